The molecular formula is C18H24O2. The zero-order valence-electron chi connectivity index (χ0n) is 13.2. The maximum Gasteiger partial charge on any atom is 0.159 e. The molecule has 0 amide bonds. The highest BCUT2D eigenvalue weighted by molar-refractivity contribution is 5.94. The largest absolute Gasteiger partial charge is 0.461 e. The van der Waals surface area contributed by atoms with Gasteiger partial charge in [-0.15, -0.1) is 0 Å². The van der Waals surface area contributed by atoms with Gasteiger partial charge in [0.05, 0.1) is 0 Å². The summed E-state index contributed by atoms with van der Waals surface area (Å²) < 4.78 is 6.15. The third kappa shape index (κ3) is 2.79. The van der Waals surface area contributed by atoms with E-state index in [9.17, 15) is 4.79 Å². The van der Waals surface area contributed by atoms with Gasteiger partial charge in [0.15, 0.2) is 5.78 Å². The van der Waals surface area contributed by atoms with Crippen LogP contribution in [0, 0.1) is 6.92 Å². The minimum Gasteiger partial charge on any atom is -0.461 e. The molecule has 20 heavy (non-hydrogen) atoms. The third-order valence-electron chi connectivity index (χ3n) is 3.79. The van der Waals surface area contributed by atoms with Gasteiger partial charge < -0.3 is 4.74 Å². The SMILES string of the molecule is CCCC1=C(C(C)=O)Cc2cc(C)cc(C(C)C)c2O1. The first kappa shape index (κ1) is 14.8. The molecule has 1 aliphatic heterocycles. The van der Waals surface area contributed by atoms with Gasteiger partial charge in [0.25, 0.3) is 0 Å². The van der Waals surface area contributed by atoms with E-state index in [2.05, 4.69) is 39.8 Å². The Morgan fingerprint density at radius 2 is 2.05 bits per heavy atom. The summed E-state index contributed by atoms with van der Waals surface area (Å²) in [6.07, 6.45) is 2.53. The number of benzene rings is 1. The summed E-state index contributed by atoms with van der Waals surface area (Å²) in [4.78, 5) is 11.9. The molecule has 0 saturated heterocycles. The molecule has 1 heterocycles. The summed E-state index contributed by atoms with van der Waals surface area (Å²) in [7, 11) is 0. The van der Waals surface area contributed by atoms with E-state index >= 15 is 0 Å². The van der Waals surface area contributed by atoms with E-state index in [4.69, 9.17) is 4.74 Å². The summed E-state index contributed by atoms with van der Waals surface area (Å²) in [5.41, 5.74) is 4.48. The van der Waals surface area contributed by atoms with Crippen molar-refractivity contribution in [3.05, 3.63) is 40.2 Å². The average Bonchev–Trinajstić information content (AvgIpc) is 2.37. The Morgan fingerprint density at radius 1 is 1.35 bits per heavy atom. The van der Waals surface area contributed by atoms with Gasteiger partial charge in [-0.05, 0) is 37.3 Å². The van der Waals surface area contributed by atoms with Crippen LogP contribution in [0.15, 0.2) is 23.5 Å². The van der Waals surface area contributed by atoms with Crippen LogP contribution in [0.25, 0.3) is 0 Å². The molecule has 0 spiro atoms. The van der Waals surface area contributed by atoms with Crippen LogP contribution < -0.4 is 4.74 Å². The van der Waals surface area contributed by atoms with Crippen molar-refractivity contribution in [1.29, 1.82) is 0 Å². The summed E-state index contributed by atoms with van der Waals surface area (Å²) in [6.45, 7) is 10.2. The van der Waals surface area contributed by atoms with E-state index in [1.165, 1.54) is 11.1 Å². The van der Waals surface area contributed by atoms with Crippen LogP contribution in [0.3, 0.4) is 0 Å². The maximum absolute atomic E-state index is 11.9. The summed E-state index contributed by atoms with van der Waals surface area (Å²) in [5, 5.41) is 0. The van der Waals surface area contributed by atoms with Crippen molar-refractivity contribution in [2.75, 3.05) is 0 Å². The molecule has 2 heteroatoms. The van der Waals surface area contributed by atoms with E-state index < -0.39 is 0 Å². The number of hydrogen-bond acceptors (Lipinski definition) is 2. The molecule has 0 fully saturated rings. The normalized spacial score (nSPS) is 14.3. The van der Waals surface area contributed by atoms with Crippen LogP contribution in [-0.4, -0.2) is 5.78 Å². The second kappa shape index (κ2) is 5.82. The number of allylic oxidation sites excluding steroid dienone is 2. The molecule has 1 aromatic carbocycles. The summed E-state index contributed by atoms with van der Waals surface area (Å²) in [5.74, 6) is 2.41. The van der Waals surface area contributed by atoms with Crippen molar-refractivity contribution in [1.82, 2.24) is 0 Å². The van der Waals surface area contributed by atoms with E-state index in [1.54, 1.807) is 6.92 Å². The monoisotopic (exact) mass is 272 g/mol. The number of fused-ring (bicyclic) bond motifs is 1. The predicted octanol–water partition coefficient (Wildman–Crippen LogP) is 4.70. The molecule has 2 rings (SSSR count). The zero-order valence-corrected chi connectivity index (χ0v) is 13.2. The van der Waals surface area contributed by atoms with Crippen molar-refractivity contribution in [2.24, 2.45) is 0 Å². The van der Waals surface area contributed by atoms with E-state index in [0.29, 0.717) is 12.3 Å². The second-order valence-corrected chi connectivity index (χ2v) is 5.98. The lowest BCUT2D eigenvalue weighted by Crippen LogP contribution is -2.17. The minimum atomic E-state index is 0.131. The van der Waals surface area contributed by atoms with Crippen LogP contribution >= 0.6 is 0 Å². The lowest BCUT2D eigenvalue weighted by atomic mass is 9.90. The molecule has 0 bridgehead atoms. The van der Waals surface area contributed by atoms with Crippen molar-refractivity contribution in [2.45, 2.75) is 59.8 Å². The highest BCUT2D eigenvalue weighted by Gasteiger charge is 2.25. The number of rotatable bonds is 4. The maximum atomic E-state index is 11.9. The van der Waals surface area contributed by atoms with E-state index in [1.807, 2.05) is 0 Å². The molecule has 0 saturated carbocycles. The molecule has 0 N–H and O–H groups in total. The summed E-state index contributed by atoms with van der Waals surface area (Å²) >= 11 is 0. The first-order chi connectivity index (χ1) is 9.43. The number of aryl methyl sites for hydroxylation is 1. The van der Waals surface area contributed by atoms with Crippen LogP contribution in [0.5, 0.6) is 5.75 Å². The standard InChI is InChI=1S/C18H24O2/c1-6-7-17-16(13(5)19)10-14-8-12(4)9-15(11(2)3)18(14)20-17/h8-9,11H,6-7,10H2,1-5H3. The van der Waals surface area contributed by atoms with E-state index in [-0.39, 0.29) is 5.78 Å². The molecule has 0 unspecified atom stereocenters. The fourth-order valence-corrected chi connectivity index (χ4v) is 2.79. The Labute approximate surface area is 121 Å². The lowest BCUT2D eigenvalue weighted by molar-refractivity contribution is -0.113. The Balaban J connectivity index is 2.52. The van der Waals surface area contributed by atoms with Gasteiger partial charge >= 0.3 is 0 Å². The smallest absolute Gasteiger partial charge is 0.159 e. The molecule has 0 aromatic heterocycles. The Morgan fingerprint density at radius 3 is 2.60 bits per heavy atom. The Bertz CT molecular complexity index is 565. The fraction of sp³-hybridized carbons (Fsp3) is 0.500. The Hall–Kier alpha value is -1.57. The van der Waals surface area contributed by atoms with Crippen LogP contribution in [0.2, 0.25) is 0 Å². The van der Waals surface area contributed by atoms with Gasteiger partial charge in [0.1, 0.15) is 11.5 Å². The number of ether oxygens (including phenoxy) is 1. The van der Waals surface area contributed by atoms with Crippen molar-refractivity contribution >= 4 is 5.78 Å². The van der Waals surface area contributed by atoms with Gasteiger partial charge in [0.2, 0.25) is 0 Å². The van der Waals surface area contributed by atoms with E-state index in [0.717, 1.165) is 35.5 Å². The average molecular weight is 272 g/mol. The third-order valence-corrected chi connectivity index (χ3v) is 3.79. The fourth-order valence-electron chi connectivity index (χ4n) is 2.79. The van der Waals surface area contributed by atoms with Crippen LogP contribution in [-0.2, 0) is 11.2 Å². The van der Waals surface area contributed by atoms with Crippen molar-refractivity contribution < 1.29 is 9.53 Å². The predicted molar refractivity (Wildman–Crippen MR) is 82.2 cm³/mol. The van der Waals surface area contributed by atoms with Gasteiger partial charge in [-0.25, -0.2) is 0 Å². The van der Waals surface area contributed by atoms with Gasteiger partial charge in [-0.2, -0.15) is 0 Å². The van der Waals surface area contributed by atoms with Gasteiger partial charge in [0, 0.05) is 18.4 Å². The highest BCUT2D eigenvalue weighted by atomic mass is 16.5. The molecule has 108 valence electrons. The van der Waals surface area contributed by atoms with Crippen LogP contribution in [0.1, 0.15) is 63.1 Å². The van der Waals surface area contributed by atoms with Crippen molar-refractivity contribution in [3.63, 3.8) is 0 Å². The number of carbonyl (C=O) groups excluding carboxylic acids is 1. The quantitative estimate of drug-likeness (QED) is 0.794. The molecule has 2 nitrogen and oxygen atoms in total. The zero-order chi connectivity index (χ0) is 14.9. The van der Waals surface area contributed by atoms with Gasteiger partial charge in [-0.3, -0.25) is 4.79 Å². The molecular weight excluding hydrogens is 248 g/mol. The number of ketones is 1. The first-order valence-electron chi connectivity index (χ1n) is 7.48. The molecule has 0 aliphatic carbocycles. The molecule has 1 aliphatic rings. The van der Waals surface area contributed by atoms with Crippen molar-refractivity contribution in [3.8, 4) is 5.75 Å². The lowest BCUT2D eigenvalue weighted by Gasteiger charge is -2.26. The first-order valence-corrected chi connectivity index (χ1v) is 7.48. The molecule has 0 atom stereocenters. The van der Waals surface area contributed by atoms with Crippen LogP contribution in [0.4, 0.5) is 0 Å². The van der Waals surface area contributed by atoms with Gasteiger partial charge in [-0.1, -0.05) is 38.5 Å². The second-order valence-electron chi connectivity index (χ2n) is 5.98. The number of carbonyl (C=O) groups is 1. The number of Topliss-reactive ketones (excluding diaryl/α,β-unsaturated/α-hetero) is 1. The number of hydrogen-bond donors (Lipinski definition) is 0. The minimum absolute atomic E-state index is 0.131. The highest BCUT2D eigenvalue weighted by Crippen LogP contribution is 2.39. The summed E-state index contributed by atoms with van der Waals surface area (Å²) in [6, 6.07) is 4.35. The Kier molecular flexibility index (Phi) is 4.32. The topological polar surface area (TPSA) is 26.3 Å². The molecule has 0 radical (unpaired) electrons. The molecule has 1 aromatic rings.